The molecule has 0 aliphatic carbocycles. The van der Waals surface area contributed by atoms with E-state index in [1.807, 2.05) is 54.6 Å². The number of hydrogen-bond donors (Lipinski definition) is 3. The molecule has 1 unspecified atom stereocenters. The minimum Gasteiger partial charge on any atom is -0.477 e. The molecule has 11 nitrogen and oxygen atoms in total. The Morgan fingerprint density at radius 3 is 2.18 bits per heavy atom. The Morgan fingerprint density at radius 1 is 1.02 bits per heavy atom. The predicted molar refractivity (Wildman–Crippen MR) is 192 cm³/mol. The summed E-state index contributed by atoms with van der Waals surface area (Å²) in [6.07, 6.45) is 2.21. The molecule has 0 bridgehead atoms. The van der Waals surface area contributed by atoms with Gasteiger partial charge in [-0.3, -0.25) is 14.5 Å². The second-order valence-corrected chi connectivity index (χ2v) is 14.1. The van der Waals surface area contributed by atoms with Gasteiger partial charge in [0.25, 0.3) is 11.8 Å². The molecule has 13 heteroatoms. The van der Waals surface area contributed by atoms with Crippen molar-refractivity contribution >= 4 is 51.7 Å². The number of nitrogens with one attached hydrogen (secondary N) is 2. The molecule has 3 aromatic carbocycles. The van der Waals surface area contributed by atoms with Gasteiger partial charge in [0.15, 0.2) is 10.8 Å². The molecule has 2 fully saturated rings. The first-order chi connectivity index (χ1) is 24.4. The first-order valence-electron chi connectivity index (χ1n) is 16.2. The molecule has 4 heterocycles. The van der Waals surface area contributed by atoms with Gasteiger partial charge in [0.1, 0.15) is 35.5 Å². The maximum Gasteiger partial charge on any atom is 0.352 e. The Kier molecular flexibility index (Phi) is 9.70. The Morgan fingerprint density at radius 2 is 1.64 bits per heavy atom. The van der Waals surface area contributed by atoms with Gasteiger partial charge in [0.05, 0.1) is 6.10 Å². The molecule has 0 radical (unpaired) electrons. The third-order valence-corrected chi connectivity index (χ3v) is 11.2. The van der Waals surface area contributed by atoms with Crippen LogP contribution in [0.3, 0.4) is 0 Å². The number of carbonyl (C=O) groups excluding carboxylic acids is 2. The number of carboxylic acid groups (broad SMARTS) is 1. The number of amides is 2. The molecular weight excluding hydrogens is 675 g/mol. The van der Waals surface area contributed by atoms with Gasteiger partial charge in [-0.15, -0.1) is 23.1 Å². The van der Waals surface area contributed by atoms with Crippen LogP contribution in [0.1, 0.15) is 41.6 Å². The molecule has 3 atom stereocenters. The van der Waals surface area contributed by atoms with Crippen LogP contribution in [0.2, 0.25) is 0 Å². The van der Waals surface area contributed by atoms with Gasteiger partial charge < -0.3 is 25.3 Å². The molecule has 2 saturated heterocycles. The van der Waals surface area contributed by atoms with Gasteiger partial charge >= 0.3 is 5.97 Å². The van der Waals surface area contributed by atoms with Gasteiger partial charge in [-0.1, -0.05) is 96.2 Å². The van der Waals surface area contributed by atoms with Crippen molar-refractivity contribution in [2.45, 2.75) is 42.3 Å². The first-order valence-corrected chi connectivity index (χ1v) is 18.2. The number of nitrogens with zero attached hydrogens (tertiary/aromatic N) is 3. The topological polar surface area (TPSA) is 142 Å². The fourth-order valence-corrected chi connectivity index (χ4v) is 8.92. The van der Waals surface area contributed by atoms with E-state index in [0.717, 1.165) is 29.5 Å². The number of fused-ring (bicyclic) bond motifs is 1. The van der Waals surface area contributed by atoms with Crippen LogP contribution in [-0.4, -0.2) is 75.5 Å². The van der Waals surface area contributed by atoms with E-state index >= 15 is 0 Å². The third-order valence-electron chi connectivity index (χ3n) is 9.09. The van der Waals surface area contributed by atoms with Crippen LogP contribution >= 0.6 is 23.1 Å². The number of thioether (sulfide) groups is 1. The fourth-order valence-electron chi connectivity index (χ4n) is 6.81. The number of β-lactam (4-membered cyclic amide) rings is 1. The van der Waals surface area contributed by atoms with Crippen molar-refractivity contribution in [3.05, 3.63) is 130 Å². The Balaban J connectivity index is 1.14. The van der Waals surface area contributed by atoms with Crippen molar-refractivity contribution in [3.63, 3.8) is 0 Å². The predicted octanol–water partition coefficient (Wildman–Crippen LogP) is 5.21. The summed E-state index contributed by atoms with van der Waals surface area (Å²) in [5.41, 5.74) is 2.94. The molecule has 4 aromatic rings. The minimum atomic E-state index is -1.16. The SMILES string of the molecule is CO/N=C(/C(=O)N[C@@H]1C(=O)N2C(C(=O)O)=C(CC3CCCO3)CS[C@H]12)c1csc(NC(c2ccccc2)(c2ccccc2)c2ccccc2)n1. The molecule has 50 heavy (non-hydrogen) atoms. The molecule has 3 aliphatic heterocycles. The highest BCUT2D eigenvalue weighted by atomic mass is 32.2. The van der Waals surface area contributed by atoms with Gasteiger partial charge in [-0.05, 0) is 41.5 Å². The van der Waals surface area contributed by atoms with E-state index in [4.69, 9.17) is 14.6 Å². The van der Waals surface area contributed by atoms with Crippen molar-refractivity contribution in [1.82, 2.24) is 15.2 Å². The molecular formula is C37H35N5O6S2. The van der Waals surface area contributed by atoms with Crippen molar-refractivity contribution in [2.24, 2.45) is 5.16 Å². The van der Waals surface area contributed by atoms with E-state index in [9.17, 15) is 19.5 Å². The maximum atomic E-state index is 13.7. The largest absolute Gasteiger partial charge is 0.477 e. The lowest BCUT2D eigenvalue weighted by Crippen LogP contribution is -2.71. The number of ether oxygens (including phenoxy) is 1. The number of carbonyl (C=O) groups is 3. The maximum absolute atomic E-state index is 13.7. The van der Waals surface area contributed by atoms with Crippen LogP contribution in [0.25, 0.3) is 0 Å². The molecule has 1 aromatic heterocycles. The quantitative estimate of drug-likeness (QED) is 0.0783. The minimum absolute atomic E-state index is 0.0144. The summed E-state index contributed by atoms with van der Waals surface area (Å²) in [4.78, 5) is 50.6. The molecule has 3 aliphatic rings. The van der Waals surface area contributed by atoms with Gasteiger partial charge in [-0.2, -0.15) is 0 Å². The number of carboxylic acids is 1. The number of rotatable bonds is 12. The van der Waals surface area contributed by atoms with Crippen LogP contribution in [0.4, 0.5) is 5.13 Å². The molecule has 7 rings (SSSR count). The average molecular weight is 710 g/mol. The molecule has 0 saturated carbocycles. The summed E-state index contributed by atoms with van der Waals surface area (Å²) >= 11 is 2.73. The third kappa shape index (κ3) is 6.28. The number of aliphatic carboxylic acids is 1. The van der Waals surface area contributed by atoms with E-state index in [2.05, 4.69) is 52.2 Å². The lowest BCUT2D eigenvalue weighted by Gasteiger charge is -2.49. The molecule has 256 valence electrons. The standard InChI is InChI=1S/C37H35N5O6S2/c1-47-41-29(32(43)39-30-33(44)42-31(35(45)46)23(21-49-34(30)42)20-27-18-11-19-48-27)28-22-50-36(38-28)40-37(24-12-5-2-6-13-24,25-14-7-3-8-15-25)26-16-9-4-10-17-26/h2-10,12-17,22,27,30,34H,11,18-21H2,1H3,(H,38,40)(H,39,43)(H,45,46)/b41-29+/t27?,30-,34-/m1/s1. The van der Waals surface area contributed by atoms with E-state index in [1.54, 1.807) is 5.38 Å². The van der Waals surface area contributed by atoms with Crippen LogP contribution < -0.4 is 10.6 Å². The number of anilines is 1. The first kappa shape index (κ1) is 33.5. The molecule has 0 spiro atoms. The molecule has 3 N–H and O–H groups in total. The zero-order chi connectivity index (χ0) is 34.7. The van der Waals surface area contributed by atoms with Gasteiger partial charge in [-0.25, -0.2) is 9.78 Å². The second-order valence-electron chi connectivity index (χ2n) is 12.1. The summed E-state index contributed by atoms with van der Waals surface area (Å²) in [5.74, 6) is -1.89. The summed E-state index contributed by atoms with van der Waals surface area (Å²) in [7, 11) is 1.33. The smallest absolute Gasteiger partial charge is 0.352 e. The van der Waals surface area contributed by atoms with Crippen LogP contribution in [0.15, 0.2) is 113 Å². The Labute approximate surface area is 297 Å². The van der Waals surface area contributed by atoms with E-state index < -0.39 is 34.7 Å². The van der Waals surface area contributed by atoms with Crippen molar-refractivity contribution < 1.29 is 29.1 Å². The van der Waals surface area contributed by atoms with E-state index in [0.29, 0.717) is 29.5 Å². The Bertz CT molecular complexity index is 1830. The van der Waals surface area contributed by atoms with Gasteiger partial charge in [0, 0.05) is 17.7 Å². The van der Waals surface area contributed by atoms with Crippen molar-refractivity contribution in [3.8, 4) is 0 Å². The number of thiazole rings is 1. The normalized spacial score (nSPS) is 20.6. The molecule has 2 amide bonds. The van der Waals surface area contributed by atoms with Crippen LogP contribution in [0.5, 0.6) is 0 Å². The van der Waals surface area contributed by atoms with E-state index in [1.165, 1.54) is 35.1 Å². The Hall–Kier alpha value is -4.98. The highest BCUT2D eigenvalue weighted by molar-refractivity contribution is 8.00. The summed E-state index contributed by atoms with van der Waals surface area (Å²) in [5, 5.41) is 22.2. The van der Waals surface area contributed by atoms with Crippen molar-refractivity contribution in [1.29, 1.82) is 0 Å². The zero-order valence-corrected chi connectivity index (χ0v) is 28.8. The lowest BCUT2D eigenvalue weighted by atomic mass is 9.77. The van der Waals surface area contributed by atoms with E-state index in [-0.39, 0.29) is 23.2 Å². The number of benzene rings is 3. The number of hydrogen-bond acceptors (Lipinski definition) is 10. The summed E-state index contributed by atoms with van der Waals surface area (Å²) in [6.45, 7) is 0.655. The van der Waals surface area contributed by atoms with Gasteiger partial charge in [0.2, 0.25) is 0 Å². The van der Waals surface area contributed by atoms with Crippen molar-refractivity contribution in [2.75, 3.05) is 24.8 Å². The number of aromatic nitrogens is 1. The summed E-state index contributed by atoms with van der Waals surface area (Å²) < 4.78 is 5.72. The zero-order valence-electron chi connectivity index (χ0n) is 27.2. The lowest BCUT2D eigenvalue weighted by molar-refractivity contribution is -0.150. The summed E-state index contributed by atoms with van der Waals surface area (Å²) in [6, 6.07) is 29.3. The van der Waals surface area contributed by atoms with Crippen LogP contribution in [0, 0.1) is 0 Å². The monoisotopic (exact) mass is 709 g/mol. The fraction of sp³-hybridized carbons (Fsp3) is 0.270. The second kappa shape index (κ2) is 14.5. The van der Waals surface area contributed by atoms with Crippen LogP contribution in [-0.2, 0) is 29.5 Å². The average Bonchev–Trinajstić information content (AvgIpc) is 3.85. The highest BCUT2D eigenvalue weighted by Gasteiger charge is 2.54. The highest BCUT2D eigenvalue weighted by Crippen LogP contribution is 2.43. The number of oxime groups is 1.